The second kappa shape index (κ2) is 6.99. The van der Waals surface area contributed by atoms with Gasteiger partial charge in [-0.05, 0) is 31.2 Å². The first-order chi connectivity index (χ1) is 10.2. The van der Waals surface area contributed by atoms with Crippen molar-refractivity contribution in [1.82, 2.24) is 5.32 Å². The number of nitrogens with one attached hydrogen (secondary N) is 1. The molecule has 0 aliphatic rings. The van der Waals surface area contributed by atoms with Crippen LogP contribution in [0.25, 0.3) is 0 Å². The van der Waals surface area contributed by atoms with Gasteiger partial charge in [-0.1, -0.05) is 18.2 Å². The Morgan fingerprint density at radius 1 is 1.10 bits per heavy atom. The normalized spacial score (nSPS) is 12.0. The molecule has 0 radical (unpaired) electrons. The smallest absolute Gasteiger partial charge is 0.123 e. The molecular formula is C17H21NO3. The van der Waals surface area contributed by atoms with E-state index in [1.165, 1.54) is 0 Å². The van der Waals surface area contributed by atoms with Gasteiger partial charge >= 0.3 is 0 Å². The third-order valence-corrected chi connectivity index (χ3v) is 3.49. The van der Waals surface area contributed by atoms with Crippen LogP contribution in [0.5, 0.6) is 17.2 Å². The van der Waals surface area contributed by atoms with Crippen LogP contribution >= 0.6 is 0 Å². The zero-order valence-electron chi connectivity index (χ0n) is 12.6. The summed E-state index contributed by atoms with van der Waals surface area (Å²) in [4.78, 5) is 0. The summed E-state index contributed by atoms with van der Waals surface area (Å²) in [5.74, 6) is 1.84. The number of phenols is 1. The van der Waals surface area contributed by atoms with Crippen LogP contribution in [-0.4, -0.2) is 19.3 Å². The second-order valence-electron chi connectivity index (χ2n) is 4.84. The maximum Gasteiger partial charge on any atom is 0.123 e. The molecule has 0 unspecified atom stereocenters. The first kappa shape index (κ1) is 15.2. The third kappa shape index (κ3) is 3.67. The number of rotatable bonds is 6. The minimum atomic E-state index is 0.103. The molecule has 0 amide bonds. The molecule has 2 rings (SSSR count). The van der Waals surface area contributed by atoms with Gasteiger partial charge in [0.2, 0.25) is 0 Å². The molecule has 0 heterocycles. The number of aromatic hydroxyl groups is 1. The van der Waals surface area contributed by atoms with Crippen molar-refractivity contribution in [2.75, 3.05) is 14.2 Å². The Labute approximate surface area is 125 Å². The van der Waals surface area contributed by atoms with Crippen LogP contribution in [0.1, 0.15) is 24.1 Å². The van der Waals surface area contributed by atoms with Gasteiger partial charge < -0.3 is 19.9 Å². The van der Waals surface area contributed by atoms with Crippen molar-refractivity contribution < 1.29 is 14.6 Å². The number of hydrogen-bond acceptors (Lipinski definition) is 4. The quantitative estimate of drug-likeness (QED) is 0.856. The predicted octanol–water partition coefficient (Wildman–Crippen LogP) is 3.26. The van der Waals surface area contributed by atoms with E-state index >= 15 is 0 Å². The monoisotopic (exact) mass is 287 g/mol. The van der Waals surface area contributed by atoms with Crippen molar-refractivity contribution in [3.63, 3.8) is 0 Å². The van der Waals surface area contributed by atoms with Crippen LogP contribution in [0.3, 0.4) is 0 Å². The Kier molecular flexibility index (Phi) is 5.06. The van der Waals surface area contributed by atoms with Crippen LogP contribution < -0.4 is 14.8 Å². The number of methoxy groups -OCH3 is 2. The van der Waals surface area contributed by atoms with Crippen LogP contribution in [0, 0.1) is 0 Å². The highest BCUT2D eigenvalue weighted by atomic mass is 16.5. The molecule has 4 nitrogen and oxygen atoms in total. The fourth-order valence-corrected chi connectivity index (χ4v) is 2.23. The lowest BCUT2D eigenvalue weighted by Gasteiger charge is -2.18. The van der Waals surface area contributed by atoms with Gasteiger partial charge in [0.05, 0.1) is 14.2 Å². The second-order valence-corrected chi connectivity index (χ2v) is 4.84. The number of para-hydroxylation sites is 1. The minimum absolute atomic E-state index is 0.103. The van der Waals surface area contributed by atoms with Crippen LogP contribution in [-0.2, 0) is 6.54 Å². The van der Waals surface area contributed by atoms with Crippen LogP contribution in [0.2, 0.25) is 0 Å². The predicted molar refractivity (Wildman–Crippen MR) is 82.9 cm³/mol. The lowest BCUT2D eigenvalue weighted by molar-refractivity contribution is 0.399. The highest BCUT2D eigenvalue weighted by Gasteiger charge is 2.11. The van der Waals surface area contributed by atoms with Gasteiger partial charge in [0.1, 0.15) is 17.2 Å². The summed E-state index contributed by atoms with van der Waals surface area (Å²) in [5, 5.41) is 13.3. The summed E-state index contributed by atoms with van der Waals surface area (Å²) in [6.07, 6.45) is 0. The summed E-state index contributed by atoms with van der Waals surface area (Å²) in [5.41, 5.74) is 1.89. The van der Waals surface area contributed by atoms with E-state index in [0.29, 0.717) is 6.54 Å². The number of hydrogen-bond donors (Lipinski definition) is 2. The van der Waals surface area contributed by atoms with Crippen molar-refractivity contribution >= 4 is 0 Å². The molecule has 0 aliphatic carbocycles. The SMILES string of the molecule is COc1ccc(O)c(CN[C@@H](C)c2ccccc2OC)c1. The van der Waals surface area contributed by atoms with E-state index in [4.69, 9.17) is 9.47 Å². The number of benzene rings is 2. The molecule has 0 aromatic heterocycles. The topological polar surface area (TPSA) is 50.7 Å². The van der Waals surface area contributed by atoms with Gasteiger partial charge in [0, 0.05) is 23.7 Å². The molecular weight excluding hydrogens is 266 g/mol. The molecule has 1 atom stereocenters. The lowest BCUT2D eigenvalue weighted by atomic mass is 10.1. The molecule has 0 spiro atoms. The number of phenolic OH excluding ortho intramolecular Hbond substituents is 1. The first-order valence-corrected chi connectivity index (χ1v) is 6.88. The van der Waals surface area contributed by atoms with Gasteiger partial charge in [-0.3, -0.25) is 0 Å². The summed E-state index contributed by atoms with van der Waals surface area (Å²) >= 11 is 0. The lowest BCUT2D eigenvalue weighted by Crippen LogP contribution is -2.18. The van der Waals surface area contributed by atoms with Gasteiger partial charge in [-0.15, -0.1) is 0 Å². The Balaban J connectivity index is 2.09. The standard InChI is InChI=1S/C17H21NO3/c1-12(15-6-4-5-7-17(15)21-3)18-11-13-10-14(20-2)8-9-16(13)19/h4-10,12,18-19H,11H2,1-3H3/t12-/m0/s1. The average molecular weight is 287 g/mol. The molecule has 2 aromatic rings. The molecule has 112 valence electrons. The molecule has 0 fully saturated rings. The fourth-order valence-electron chi connectivity index (χ4n) is 2.23. The van der Waals surface area contributed by atoms with E-state index in [2.05, 4.69) is 12.2 Å². The Bertz CT molecular complexity index is 598. The molecule has 0 saturated carbocycles. The largest absolute Gasteiger partial charge is 0.508 e. The average Bonchev–Trinajstić information content (AvgIpc) is 2.53. The Morgan fingerprint density at radius 3 is 2.57 bits per heavy atom. The summed E-state index contributed by atoms with van der Waals surface area (Å²) in [6.45, 7) is 2.61. The number of ether oxygens (including phenoxy) is 2. The zero-order valence-corrected chi connectivity index (χ0v) is 12.6. The fraction of sp³-hybridized carbons (Fsp3) is 0.294. The summed E-state index contributed by atoms with van der Waals surface area (Å²) in [7, 11) is 3.28. The zero-order chi connectivity index (χ0) is 15.2. The maximum absolute atomic E-state index is 9.89. The highest BCUT2D eigenvalue weighted by molar-refractivity contribution is 5.40. The Morgan fingerprint density at radius 2 is 1.86 bits per heavy atom. The van der Waals surface area contributed by atoms with Gasteiger partial charge in [-0.25, -0.2) is 0 Å². The van der Waals surface area contributed by atoms with E-state index < -0.39 is 0 Å². The summed E-state index contributed by atoms with van der Waals surface area (Å²) < 4.78 is 10.5. The third-order valence-electron chi connectivity index (χ3n) is 3.49. The molecule has 0 saturated heterocycles. The van der Waals surface area contributed by atoms with E-state index in [-0.39, 0.29) is 11.8 Å². The molecule has 2 aromatic carbocycles. The van der Waals surface area contributed by atoms with Gasteiger partial charge in [-0.2, -0.15) is 0 Å². The molecule has 0 aliphatic heterocycles. The molecule has 0 bridgehead atoms. The van der Waals surface area contributed by atoms with Gasteiger partial charge in [0.15, 0.2) is 0 Å². The highest BCUT2D eigenvalue weighted by Crippen LogP contribution is 2.26. The van der Waals surface area contributed by atoms with Crippen molar-refractivity contribution in [3.8, 4) is 17.2 Å². The van der Waals surface area contributed by atoms with Crippen LogP contribution in [0.15, 0.2) is 42.5 Å². The first-order valence-electron chi connectivity index (χ1n) is 6.88. The van der Waals surface area contributed by atoms with Crippen LogP contribution in [0.4, 0.5) is 0 Å². The molecule has 2 N–H and O–H groups in total. The van der Waals surface area contributed by atoms with Crippen molar-refractivity contribution in [1.29, 1.82) is 0 Å². The van der Waals surface area contributed by atoms with Crippen molar-refractivity contribution in [2.24, 2.45) is 0 Å². The van der Waals surface area contributed by atoms with E-state index in [1.807, 2.05) is 30.3 Å². The Hall–Kier alpha value is -2.20. The summed E-state index contributed by atoms with van der Waals surface area (Å²) in [6, 6.07) is 13.2. The van der Waals surface area contributed by atoms with Crippen molar-refractivity contribution in [2.45, 2.75) is 19.5 Å². The van der Waals surface area contributed by atoms with E-state index in [9.17, 15) is 5.11 Å². The van der Waals surface area contributed by atoms with E-state index in [0.717, 1.165) is 22.6 Å². The van der Waals surface area contributed by atoms with E-state index in [1.54, 1.807) is 26.4 Å². The van der Waals surface area contributed by atoms with Crippen molar-refractivity contribution in [3.05, 3.63) is 53.6 Å². The minimum Gasteiger partial charge on any atom is -0.508 e. The molecule has 21 heavy (non-hydrogen) atoms. The maximum atomic E-state index is 9.89. The molecule has 4 heteroatoms. The van der Waals surface area contributed by atoms with Gasteiger partial charge in [0.25, 0.3) is 0 Å².